The SMILES string of the molecule is CCCC(C)c1cc(C)c(C(=O)N(C)CCC(=O)NC)c(=O)o1. The Morgan fingerprint density at radius 2 is 2.04 bits per heavy atom. The van der Waals surface area contributed by atoms with Crippen molar-refractivity contribution < 1.29 is 14.0 Å². The van der Waals surface area contributed by atoms with Crippen LogP contribution in [0.25, 0.3) is 0 Å². The first kappa shape index (κ1) is 18.9. The number of carbonyl (C=O) groups excluding carboxylic acids is 2. The molecular weight excluding hydrogens is 296 g/mol. The molecule has 0 bridgehead atoms. The molecule has 1 aromatic heterocycles. The van der Waals surface area contributed by atoms with Crippen LogP contribution in [0, 0.1) is 6.92 Å². The van der Waals surface area contributed by atoms with Crippen LogP contribution in [0.15, 0.2) is 15.3 Å². The van der Waals surface area contributed by atoms with Gasteiger partial charge in [-0.3, -0.25) is 9.59 Å². The number of amides is 2. The van der Waals surface area contributed by atoms with E-state index in [0.29, 0.717) is 11.3 Å². The second-order valence-electron chi connectivity index (χ2n) is 5.83. The molecule has 0 saturated carbocycles. The summed E-state index contributed by atoms with van der Waals surface area (Å²) in [4.78, 5) is 37.3. The Kier molecular flexibility index (Phi) is 7.00. The van der Waals surface area contributed by atoms with E-state index in [9.17, 15) is 14.4 Å². The van der Waals surface area contributed by atoms with Gasteiger partial charge in [0.25, 0.3) is 5.91 Å². The Bertz CT molecular complexity index is 622. The Hall–Kier alpha value is -2.11. The van der Waals surface area contributed by atoms with Gasteiger partial charge in [0.2, 0.25) is 5.91 Å². The van der Waals surface area contributed by atoms with Gasteiger partial charge in [0.15, 0.2) is 0 Å². The number of aryl methyl sites for hydroxylation is 1. The summed E-state index contributed by atoms with van der Waals surface area (Å²) in [5.41, 5.74) is 0.0348. The van der Waals surface area contributed by atoms with Crippen LogP contribution in [0.2, 0.25) is 0 Å². The predicted octanol–water partition coefficient (Wildman–Crippen LogP) is 2.06. The molecule has 6 heteroatoms. The fourth-order valence-corrected chi connectivity index (χ4v) is 2.39. The molecular formula is C17H26N2O4. The number of nitrogens with one attached hydrogen (secondary N) is 1. The molecule has 2 amide bonds. The van der Waals surface area contributed by atoms with Gasteiger partial charge in [-0.2, -0.15) is 0 Å². The molecule has 0 fully saturated rings. The van der Waals surface area contributed by atoms with Crippen molar-refractivity contribution in [3.63, 3.8) is 0 Å². The molecule has 1 aromatic rings. The highest BCUT2D eigenvalue weighted by Crippen LogP contribution is 2.21. The van der Waals surface area contributed by atoms with Crippen molar-refractivity contribution in [2.75, 3.05) is 20.6 Å². The van der Waals surface area contributed by atoms with E-state index in [1.807, 2.05) is 6.92 Å². The van der Waals surface area contributed by atoms with Gasteiger partial charge in [-0.1, -0.05) is 20.3 Å². The van der Waals surface area contributed by atoms with Gasteiger partial charge >= 0.3 is 5.63 Å². The third-order valence-corrected chi connectivity index (χ3v) is 3.89. The molecule has 0 radical (unpaired) electrons. The fraction of sp³-hybridized carbons (Fsp3) is 0.588. The first-order chi connectivity index (χ1) is 10.8. The second-order valence-corrected chi connectivity index (χ2v) is 5.83. The molecule has 1 N–H and O–H groups in total. The summed E-state index contributed by atoms with van der Waals surface area (Å²) in [6.07, 6.45) is 2.10. The largest absolute Gasteiger partial charge is 0.427 e. The lowest BCUT2D eigenvalue weighted by atomic mass is 10.0. The Labute approximate surface area is 136 Å². The normalized spacial score (nSPS) is 11.9. The summed E-state index contributed by atoms with van der Waals surface area (Å²) in [6.45, 7) is 6.04. The van der Waals surface area contributed by atoms with Gasteiger partial charge in [0, 0.05) is 33.0 Å². The number of carbonyl (C=O) groups is 2. The molecule has 6 nitrogen and oxygen atoms in total. The lowest BCUT2D eigenvalue weighted by Crippen LogP contribution is -2.34. The van der Waals surface area contributed by atoms with E-state index in [2.05, 4.69) is 12.2 Å². The van der Waals surface area contributed by atoms with E-state index in [-0.39, 0.29) is 30.4 Å². The minimum atomic E-state index is -0.611. The molecule has 0 spiro atoms. The van der Waals surface area contributed by atoms with Crippen LogP contribution in [0.3, 0.4) is 0 Å². The summed E-state index contributed by atoms with van der Waals surface area (Å²) in [7, 11) is 3.11. The quantitative estimate of drug-likeness (QED) is 0.833. The molecule has 1 heterocycles. The van der Waals surface area contributed by atoms with Gasteiger partial charge in [-0.25, -0.2) is 4.79 Å². The van der Waals surface area contributed by atoms with Crippen LogP contribution in [0.4, 0.5) is 0 Å². The average molecular weight is 322 g/mol. The molecule has 0 saturated heterocycles. The van der Waals surface area contributed by atoms with Crippen molar-refractivity contribution in [3.8, 4) is 0 Å². The number of rotatable bonds is 7. The molecule has 0 aliphatic rings. The fourth-order valence-electron chi connectivity index (χ4n) is 2.39. The molecule has 0 aliphatic carbocycles. The summed E-state index contributed by atoms with van der Waals surface area (Å²) >= 11 is 0. The van der Waals surface area contributed by atoms with Crippen molar-refractivity contribution in [1.29, 1.82) is 0 Å². The third-order valence-electron chi connectivity index (χ3n) is 3.89. The zero-order valence-electron chi connectivity index (χ0n) is 14.6. The molecule has 1 rings (SSSR count). The Morgan fingerprint density at radius 1 is 1.39 bits per heavy atom. The smallest absolute Gasteiger partial charge is 0.349 e. The minimum absolute atomic E-state index is 0.0388. The highest BCUT2D eigenvalue weighted by Gasteiger charge is 2.22. The maximum absolute atomic E-state index is 12.4. The van der Waals surface area contributed by atoms with Gasteiger partial charge in [0.05, 0.1) is 0 Å². The number of hydrogen-bond donors (Lipinski definition) is 1. The van der Waals surface area contributed by atoms with Crippen LogP contribution in [0.5, 0.6) is 0 Å². The first-order valence-electron chi connectivity index (χ1n) is 7.92. The summed E-state index contributed by atoms with van der Waals surface area (Å²) in [5, 5.41) is 2.50. The standard InChI is InChI=1S/C17H26N2O4/c1-6-7-11(2)13-10-12(3)15(17(22)23-13)16(21)19(5)9-8-14(20)18-4/h10-11H,6-9H2,1-5H3,(H,18,20). The van der Waals surface area contributed by atoms with Gasteiger partial charge < -0.3 is 14.6 Å². The van der Waals surface area contributed by atoms with Crippen LogP contribution in [0.1, 0.15) is 60.7 Å². The third kappa shape index (κ3) is 4.94. The molecule has 0 aliphatic heterocycles. The minimum Gasteiger partial charge on any atom is -0.427 e. The summed E-state index contributed by atoms with van der Waals surface area (Å²) < 4.78 is 5.34. The van der Waals surface area contributed by atoms with Crippen LogP contribution in [-0.2, 0) is 4.79 Å². The lowest BCUT2D eigenvalue weighted by Gasteiger charge is -2.18. The van der Waals surface area contributed by atoms with Gasteiger partial charge in [-0.15, -0.1) is 0 Å². The average Bonchev–Trinajstić information content (AvgIpc) is 2.51. The van der Waals surface area contributed by atoms with Crippen molar-refractivity contribution in [2.24, 2.45) is 0 Å². The van der Waals surface area contributed by atoms with Crippen LogP contribution >= 0.6 is 0 Å². The van der Waals surface area contributed by atoms with Crippen LogP contribution < -0.4 is 10.9 Å². The predicted molar refractivity (Wildman–Crippen MR) is 88.7 cm³/mol. The highest BCUT2D eigenvalue weighted by molar-refractivity contribution is 5.95. The van der Waals surface area contributed by atoms with Crippen molar-refractivity contribution in [2.45, 2.75) is 46.0 Å². The number of nitrogens with zero attached hydrogens (tertiary/aromatic N) is 1. The zero-order valence-corrected chi connectivity index (χ0v) is 14.6. The summed E-state index contributed by atoms with van der Waals surface area (Å²) in [6, 6.07) is 1.77. The van der Waals surface area contributed by atoms with Gasteiger partial charge in [-0.05, 0) is 25.0 Å². The van der Waals surface area contributed by atoms with Crippen LogP contribution in [-0.4, -0.2) is 37.4 Å². The second kappa shape index (κ2) is 8.50. The van der Waals surface area contributed by atoms with Crippen molar-refractivity contribution in [1.82, 2.24) is 10.2 Å². The van der Waals surface area contributed by atoms with Crippen molar-refractivity contribution >= 4 is 11.8 Å². The molecule has 1 atom stereocenters. The molecule has 128 valence electrons. The summed E-state index contributed by atoms with van der Waals surface area (Å²) in [5.74, 6) is 0.174. The lowest BCUT2D eigenvalue weighted by molar-refractivity contribution is -0.120. The van der Waals surface area contributed by atoms with E-state index in [1.165, 1.54) is 4.90 Å². The Morgan fingerprint density at radius 3 is 2.57 bits per heavy atom. The van der Waals surface area contributed by atoms with E-state index in [0.717, 1.165) is 12.8 Å². The van der Waals surface area contributed by atoms with E-state index >= 15 is 0 Å². The van der Waals surface area contributed by atoms with E-state index < -0.39 is 11.5 Å². The zero-order chi connectivity index (χ0) is 17.6. The topological polar surface area (TPSA) is 79.6 Å². The van der Waals surface area contributed by atoms with E-state index in [1.54, 1.807) is 27.1 Å². The van der Waals surface area contributed by atoms with E-state index in [4.69, 9.17) is 4.42 Å². The highest BCUT2D eigenvalue weighted by atomic mass is 16.4. The Balaban J connectivity index is 2.97. The van der Waals surface area contributed by atoms with Crippen molar-refractivity contribution in [3.05, 3.63) is 33.4 Å². The van der Waals surface area contributed by atoms with Gasteiger partial charge in [0.1, 0.15) is 11.3 Å². The number of hydrogen-bond acceptors (Lipinski definition) is 4. The molecule has 0 aromatic carbocycles. The maximum Gasteiger partial charge on any atom is 0.349 e. The molecule has 23 heavy (non-hydrogen) atoms. The first-order valence-corrected chi connectivity index (χ1v) is 7.92. The molecule has 1 unspecified atom stereocenters. The maximum atomic E-state index is 12.4. The monoisotopic (exact) mass is 322 g/mol.